The van der Waals surface area contributed by atoms with E-state index in [9.17, 15) is 9.59 Å². The number of nitrogens with two attached hydrogens (primary N) is 1. The van der Waals surface area contributed by atoms with Crippen LogP contribution in [0.1, 0.15) is 39.5 Å². The van der Waals surface area contributed by atoms with Gasteiger partial charge >= 0.3 is 0 Å². The molecule has 5 heteroatoms. The molecule has 114 valence electrons. The number of likely N-dealkylation sites (tertiary alicyclic amines) is 1. The minimum Gasteiger partial charge on any atom is -0.356 e. The van der Waals surface area contributed by atoms with Crippen LogP contribution in [0.25, 0.3) is 0 Å². The van der Waals surface area contributed by atoms with E-state index in [1.165, 1.54) is 12.8 Å². The van der Waals surface area contributed by atoms with Crippen molar-refractivity contribution in [2.75, 3.05) is 19.6 Å². The summed E-state index contributed by atoms with van der Waals surface area (Å²) in [4.78, 5) is 26.2. The molecule has 1 aliphatic heterocycles. The fraction of sp³-hybridized carbons (Fsp3) is 0.867. The van der Waals surface area contributed by atoms with Gasteiger partial charge in [-0.1, -0.05) is 6.92 Å². The van der Waals surface area contributed by atoms with E-state index >= 15 is 0 Å². The van der Waals surface area contributed by atoms with E-state index in [1.807, 2.05) is 18.7 Å². The molecular weight excluding hydrogens is 254 g/mol. The molecule has 0 aromatic heterocycles. The molecular formula is C15H27N3O2. The van der Waals surface area contributed by atoms with Crippen molar-refractivity contribution in [2.45, 2.75) is 45.6 Å². The third-order valence-corrected chi connectivity index (χ3v) is 4.54. The van der Waals surface area contributed by atoms with E-state index in [0.717, 1.165) is 25.9 Å². The van der Waals surface area contributed by atoms with Crippen molar-refractivity contribution in [2.24, 2.45) is 23.5 Å². The predicted molar refractivity (Wildman–Crippen MR) is 77.9 cm³/mol. The van der Waals surface area contributed by atoms with Crippen molar-refractivity contribution >= 4 is 11.8 Å². The average molecular weight is 281 g/mol. The molecule has 0 aromatic rings. The van der Waals surface area contributed by atoms with Crippen molar-refractivity contribution in [1.29, 1.82) is 0 Å². The molecule has 0 bridgehead atoms. The van der Waals surface area contributed by atoms with Crippen LogP contribution in [-0.2, 0) is 9.59 Å². The first-order valence-corrected chi connectivity index (χ1v) is 7.81. The Labute approximate surface area is 121 Å². The highest BCUT2D eigenvalue weighted by Crippen LogP contribution is 2.28. The van der Waals surface area contributed by atoms with Gasteiger partial charge in [0.1, 0.15) is 0 Å². The third-order valence-electron chi connectivity index (χ3n) is 4.54. The molecule has 2 amide bonds. The van der Waals surface area contributed by atoms with Gasteiger partial charge in [-0.25, -0.2) is 0 Å². The average Bonchev–Trinajstić information content (AvgIpc) is 3.27. The van der Waals surface area contributed by atoms with E-state index in [1.54, 1.807) is 0 Å². The quantitative estimate of drug-likeness (QED) is 0.780. The monoisotopic (exact) mass is 281 g/mol. The van der Waals surface area contributed by atoms with Gasteiger partial charge in [0, 0.05) is 25.7 Å². The first-order chi connectivity index (χ1) is 9.49. The second kappa shape index (κ2) is 6.57. The maximum Gasteiger partial charge on any atom is 0.226 e. The zero-order valence-corrected chi connectivity index (χ0v) is 12.6. The fourth-order valence-corrected chi connectivity index (χ4v) is 2.62. The summed E-state index contributed by atoms with van der Waals surface area (Å²) < 4.78 is 0. The smallest absolute Gasteiger partial charge is 0.226 e. The third kappa shape index (κ3) is 3.95. The Kier molecular flexibility index (Phi) is 5.02. The number of hydrogen-bond donors (Lipinski definition) is 2. The van der Waals surface area contributed by atoms with Crippen LogP contribution >= 0.6 is 0 Å². The van der Waals surface area contributed by atoms with Crippen molar-refractivity contribution in [3.05, 3.63) is 0 Å². The molecule has 0 spiro atoms. The van der Waals surface area contributed by atoms with Crippen LogP contribution < -0.4 is 11.1 Å². The normalized spacial score (nSPS) is 25.9. The van der Waals surface area contributed by atoms with Gasteiger partial charge in [-0.15, -0.1) is 0 Å². The number of hydrogen-bond acceptors (Lipinski definition) is 3. The summed E-state index contributed by atoms with van der Waals surface area (Å²) in [5.74, 6) is 0.663. The van der Waals surface area contributed by atoms with Gasteiger partial charge in [-0.2, -0.15) is 0 Å². The first kappa shape index (κ1) is 15.3. The van der Waals surface area contributed by atoms with Crippen LogP contribution in [0, 0.1) is 17.8 Å². The summed E-state index contributed by atoms with van der Waals surface area (Å²) in [6.45, 7) is 5.82. The second-order valence-electron chi connectivity index (χ2n) is 6.46. The van der Waals surface area contributed by atoms with Crippen molar-refractivity contribution in [3.63, 3.8) is 0 Å². The van der Waals surface area contributed by atoms with Crippen LogP contribution in [0.15, 0.2) is 0 Å². The first-order valence-electron chi connectivity index (χ1n) is 7.81. The van der Waals surface area contributed by atoms with Gasteiger partial charge < -0.3 is 16.0 Å². The summed E-state index contributed by atoms with van der Waals surface area (Å²) in [5.41, 5.74) is 5.80. The van der Waals surface area contributed by atoms with E-state index in [-0.39, 0.29) is 29.7 Å². The molecule has 2 rings (SSSR count). The van der Waals surface area contributed by atoms with E-state index < -0.39 is 0 Å². The van der Waals surface area contributed by atoms with Crippen LogP contribution in [0.3, 0.4) is 0 Å². The minimum absolute atomic E-state index is 0.0493. The van der Waals surface area contributed by atoms with Gasteiger partial charge in [-0.05, 0) is 38.5 Å². The SMILES string of the molecule is CC(N)C(C)C(=O)N1CCCC(C(=O)NCC2CC2)C1. The number of rotatable bonds is 5. The molecule has 1 aliphatic carbocycles. The molecule has 1 saturated carbocycles. The summed E-state index contributed by atoms with van der Waals surface area (Å²) in [6, 6.07) is -0.147. The van der Waals surface area contributed by atoms with Crippen LogP contribution in [0.5, 0.6) is 0 Å². The Morgan fingerprint density at radius 3 is 2.60 bits per heavy atom. The largest absolute Gasteiger partial charge is 0.356 e. The number of amides is 2. The van der Waals surface area contributed by atoms with Crippen LogP contribution in [0.4, 0.5) is 0 Å². The molecule has 0 aromatic carbocycles. The van der Waals surface area contributed by atoms with Crippen molar-refractivity contribution < 1.29 is 9.59 Å². The topological polar surface area (TPSA) is 75.4 Å². The van der Waals surface area contributed by atoms with Gasteiger partial charge in [0.05, 0.1) is 11.8 Å². The van der Waals surface area contributed by atoms with Crippen LogP contribution in [-0.4, -0.2) is 42.4 Å². The summed E-state index contributed by atoms with van der Waals surface area (Å²) in [5, 5.41) is 3.02. The standard InChI is InChI=1S/C15H27N3O2/c1-10(11(2)16)15(20)18-7-3-4-13(9-18)14(19)17-8-12-5-6-12/h10-13H,3-9,16H2,1-2H3,(H,17,19). The lowest BCUT2D eigenvalue weighted by molar-refractivity contribution is -0.139. The lowest BCUT2D eigenvalue weighted by atomic mass is 9.94. The fourth-order valence-electron chi connectivity index (χ4n) is 2.62. The number of piperidine rings is 1. The summed E-state index contributed by atoms with van der Waals surface area (Å²) in [7, 11) is 0. The molecule has 5 nitrogen and oxygen atoms in total. The molecule has 20 heavy (non-hydrogen) atoms. The zero-order valence-electron chi connectivity index (χ0n) is 12.6. The highest BCUT2D eigenvalue weighted by atomic mass is 16.2. The molecule has 2 fully saturated rings. The zero-order chi connectivity index (χ0) is 14.7. The molecule has 3 atom stereocenters. The van der Waals surface area contributed by atoms with E-state index in [4.69, 9.17) is 5.73 Å². The van der Waals surface area contributed by atoms with Gasteiger partial charge in [0.2, 0.25) is 11.8 Å². The highest BCUT2D eigenvalue weighted by molar-refractivity contribution is 5.82. The number of carbonyl (C=O) groups excluding carboxylic acids is 2. The van der Waals surface area contributed by atoms with Crippen molar-refractivity contribution in [1.82, 2.24) is 10.2 Å². The van der Waals surface area contributed by atoms with Gasteiger partial charge in [-0.3, -0.25) is 9.59 Å². The molecule has 0 radical (unpaired) electrons. The second-order valence-corrected chi connectivity index (χ2v) is 6.46. The predicted octanol–water partition coefficient (Wildman–Crippen LogP) is 0.735. The number of nitrogens with zero attached hydrogens (tertiary/aromatic N) is 1. The Balaban J connectivity index is 1.83. The van der Waals surface area contributed by atoms with Gasteiger partial charge in [0.25, 0.3) is 0 Å². The number of nitrogens with one attached hydrogen (secondary N) is 1. The summed E-state index contributed by atoms with van der Waals surface area (Å²) in [6.07, 6.45) is 4.26. The van der Waals surface area contributed by atoms with E-state index in [0.29, 0.717) is 12.5 Å². The Morgan fingerprint density at radius 2 is 2.00 bits per heavy atom. The van der Waals surface area contributed by atoms with Crippen LogP contribution in [0.2, 0.25) is 0 Å². The molecule has 1 heterocycles. The maximum atomic E-state index is 12.3. The lowest BCUT2D eigenvalue weighted by Gasteiger charge is -2.34. The molecule has 3 unspecified atom stereocenters. The summed E-state index contributed by atoms with van der Waals surface area (Å²) >= 11 is 0. The Bertz CT molecular complexity index is 366. The molecule has 2 aliphatic rings. The molecule has 1 saturated heterocycles. The van der Waals surface area contributed by atoms with E-state index in [2.05, 4.69) is 5.32 Å². The molecule has 3 N–H and O–H groups in total. The Hall–Kier alpha value is -1.10. The number of carbonyl (C=O) groups is 2. The maximum absolute atomic E-state index is 12.3. The minimum atomic E-state index is -0.178. The Morgan fingerprint density at radius 1 is 1.30 bits per heavy atom. The lowest BCUT2D eigenvalue weighted by Crippen LogP contribution is -2.49. The van der Waals surface area contributed by atoms with Gasteiger partial charge in [0.15, 0.2) is 0 Å². The highest BCUT2D eigenvalue weighted by Gasteiger charge is 2.32. The van der Waals surface area contributed by atoms with Crippen molar-refractivity contribution in [3.8, 4) is 0 Å².